The molecule has 1 aliphatic carbocycles. The standard InChI is InChI=1S/C22H24FN3O2/c1-22-10-11-26(2)19(12-15-6-9-17(28-3)13-18(15)22)20(22)24-25-21(27)14-4-7-16(23)8-5-14/h4-9,13,19H,10-12H2,1-3H3,(H,25,27)/b24-20+. The molecule has 2 bridgehead atoms. The molecule has 2 aromatic carbocycles. The molecule has 2 unspecified atom stereocenters. The van der Waals surface area contributed by atoms with E-state index in [2.05, 4.69) is 41.5 Å². The summed E-state index contributed by atoms with van der Waals surface area (Å²) in [5, 5.41) is 4.58. The Labute approximate surface area is 164 Å². The van der Waals surface area contributed by atoms with Crippen LogP contribution < -0.4 is 10.2 Å². The van der Waals surface area contributed by atoms with Crippen LogP contribution in [0.25, 0.3) is 0 Å². The number of likely N-dealkylation sites (tertiary alicyclic amines) is 1. The number of piperidine rings is 1. The van der Waals surface area contributed by atoms with Gasteiger partial charge in [0.1, 0.15) is 11.6 Å². The van der Waals surface area contributed by atoms with E-state index in [9.17, 15) is 9.18 Å². The number of hydrazone groups is 1. The molecule has 1 saturated heterocycles. The Morgan fingerprint density at radius 2 is 2.04 bits per heavy atom. The highest BCUT2D eigenvalue weighted by molar-refractivity contribution is 6.03. The number of nitrogens with one attached hydrogen (secondary N) is 1. The molecule has 4 rings (SSSR count). The maximum Gasteiger partial charge on any atom is 0.271 e. The summed E-state index contributed by atoms with van der Waals surface area (Å²) in [5.74, 6) is 0.115. The van der Waals surface area contributed by atoms with Crippen LogP contribution in [0.3, 0.4) is 0 Å². The first kappa shape index (κ1) is 18.6. The molecule has 1 N–H and O–H groups in total. The van der Waals surface area contributed by atoms with Crippen molar-refractivity contribution in [1.29, 1.82) is 0 Å². The van der Waals surface area contributed by atoms with E-state index in [1.54, 1.807) is 7.11 Å². The van der Waals surface area contributed by atoms with Gasteiger partial charge in [-0.25, -0.2) is 9.82 Å². The molecule has 1 aliphatic heterocycles. The Bertz CT molecular complexity index is 941. The van der Waals surface area contributed by atoms with Gasteiger partial charge in [0.2, 0.25) is 0 Å². The number of carbonyl (C=O) groups excluding carboxylic acids is 1. The maximum absolute atomic E-state index is 13.1. The van der Waals surface area contributed by atoms with Crippen molar-refractivity contribution < 1.29 is 13.9 Å². The van der Waals surface area contributed by atoms with E-state index in [-0.39, 0.29) is 23.2 Å². The second-order valence-corrected chi connectivity index (χ2v) is 7.75. The number of amides is 1. The third-order valence-electron chi connectivity index (χ3n) is 6.09. The molecule has 5 nitrogen and oxygen atoms in total. The van der Waals surface area contributed by atoms with Crippen molar-refractivity contribution in [2.24, 2.45) is 5.10 Å². The number of likely N-dealkylation sites (N-methyl/N-ethyl adjacent to an activating group) is 1. The molecule has 6 heteroatoms. The summed E-state index contributed by atoms with van der Waals surface area (Å²) in [6, 6.07) is 11.8. The molecule has 1 heterocycles. The summed E-state index contributed by atoms with van der Waals surface area (Å²) in [6.45, 7) is 3.15. The lowest BCUT2D eigenvalue weighted by molar-refractivity contribution is 0.0953. The number of hydrogen-bond acceptors (Lipinski definition) is 4. The Morgan fingerprint density at radius 1 is 1.29 bits per heavy atom. The Balaban J connectivity index is 1.69. The van der Waals surface area contributed by atoms with E-state index < -0.39 is 0 Å². The minimum atomic E-state index is -0.371. The highest BCUT2D eigenvalue weighted by atomic mass is 19.1. The first-order valence-electron chi connectivity index (χ1n) is 9.44. The van der Waals surface area contributed by atoms with Gasteiger partial charge in [-0.1, -0.05) is 13.0 Å². The summed E-state index contributed by atoms with van der Waals surface area (Å²) in [6.07, 6.45) is 1.75. The van der Waals surface area contributed by atoms with Gasteiger partial charge in [-0.05, 0) is 74.0 Å². The average molecular weight is 381 g/mol. The monoisotopic (exact) mass is 381 g/mol. The molecule has 146 valence electrons. The third-order valence-corrected chi connectivity index (χ3v) is 6.09. The van der Waals surface area contributed by atoms with E-state index in [1.165, 1.54) is 35.4 Å². The van der Waals surface area contributed by atoms with Crippen LogP contribution in [0.15, 0.2) is 47.6 Å². The average Bonchev–Trinajstić information content (AvgIpc) is 2.70. The van der Waals surface area contributed by atoms with Crippen LogP contribution in [0.2, 0.25) is 0 Å². The smallest absolute Gasteiger partial charge is 0.271 e. The molecule has 0 radical (unpaired) electrons. The molecule has 2 aromatic rings. The molecule has 2 atom stereocenters. The van der Waals surface area contributed by atoms with Crippen molar-refractivity contribution in [2.75, 3.05) is 20.7 Å². The van der Waals surface area contributed by atoms with E-state index >= 15 is 0 Å². The summed E-state index contributed by atoms with van der Waals surface area (Å²) in [5.41, 5.74) is 6.27. The van der Waals surface area contributed by atoms with Gasteiger partial charge in [0, 0.05) is 11.0 Å². The molecule has 1 fully saturated rings. The molecular formula is C22H24FN3O2. The second kappa shape index (κ2) is 7.02. The van der Waals surface area contributed by atoms with E-state index in [1.807, 2.05) is 6.07 Å². The van der Waals surface area contributed by atoms with Crippen LogP contribution in [0.1, 0.15) is 34.8 Å². The molecular weight excluding hydrogens is 357 g/mol. The molecule has 0 spiro atoms. The highest BCUT2D eigenvalue weighted by Crippen LogP contribution is 2.43. The predicted octanol–water partition coefficient (Wildman–Crippen LogP) is 3.14. The van der Waals surface area contributed by atoms with Crippen molar-refractivity contribution in [1.82, 2.24) is 10.3 Å². The highest BCUT2D eigenvalue weighted by Gasteiger charge is 2.47. The van der Waals surface area contributed by atoms with E-state index in [4.69, 9.17) is 4.74 Å². The van der Waals surface area contributed by atoms with Gasteiger partial charge in [0.25, 0.3) is 5.91 Å². The van der Waals surface area contributed by atoms with Crippen LogP contribution in [0.4, 0.5) is 4.39 Å². The lowest BCUT2D eigenvalue weighted by atomic mass is 9.63. The van der Waals surface area contributed by atoms with Gasteiger partial charge in [0.15, 0.2) is 0 Å². The largest absolute Gasteiger partial charge is 0.497 e. The minimum Gasteiger partial charge on any atom is -0.497 e. The van der Waals surface area contributed by atoms with Crippen molar-refractivity contribution in [3.05, 3.63) is 65.0 Å². The second-order valence-electron chi connectivity index (χ2n) is 7.75. The maximum atomic E-state index is 13.1. The van der Waals surface area contributed by atoms with Crippen LogP contribution in [-0.2, 0) is 11.8 Å². The Kier molecular flexibility index (Phi) is 4.67. The predicted molar refractivity (Wildman–Crippen MR) is 106 cm³/mol. The fourth-order valence-corrected chi connectivity index (χ4v) is 4.34. The van der Waals surface area contributed by atoms with Crippen LogP contribution in [0, 0.1) is 5.82 Å². The van der Waals surface area contributed by atoms with Gasteiger partial charge in [-0.3, -0.25) is 9.69 Å². The zero-order valence-electron chi connectivity index (χ0n) is 16.3. The van der Waals surface area contributed by atoms with Crippen molar-refractivity contribution >= 4 is 11.6 Å². The number of halogens is 1. The van der Waals surface area contributed by atoms with Gasteiger partial charge in [-0.2, -0.15) is 5.10 Å². The number of fused-ring (bicyclic) bond motifs is 4. The van der Waals surface area contributed by atoms with E-state index in [0.717, 1.165) is 30.8 Å². The Hall–Kier alpha value is -2.73. The molecule has 1 amide bonds. The SMILES string of the molecule is COc1ccc2c(c1)C1(C)CCN(C)C(C2)/C1=N\NC(=O)c1ccc(F)cc1. The lowest BCUT2D eigenvalue weighted by Gasteiger charge is -2.49. The quantitative estimate of drug-likeness (QED) is 0.831. The van der Waals surface area contributed by atoms with Gasteiger partial charge in [-0.15, -0.1) is 0 Å². The summed E-state index contributed by atoms with van der Waals surface area (Å²) in [7, 11) is 3.76. The normalized spacial score (nSPS) is 25.3. The zero-order valence-corrected chi connectivity index (χ0v) is 16.3. The first-order valence-corrected chi connectivity index (χ1v) is 9.44. The third kappa shape index (κ3) is 3.07. The number of hydrogen-bond donors (Lipinski definition) is 1. The van der Waals surface area contributed by atoms with Gasteiger partial charge in [0.05, 0.1) is 18.9 Å². The van der Waals surface area contributed by atoms with Gasteiger partial charge >= 0.3 is 0 Å². The topological polar surface area (TPSA) is 53.9 Å². The number of benzene rings is 2. The van der Waals surface area contributed by atoms with E-state index in [0.29, 0.717) is 5.56 Å². The summed E-state index contributed by atoms with van der Waals surface area (Å²) in [4.78, 5) is 14.8. The molecule has 0 saturated carbocycles. The zero-order chi connectivity index (χ0) is 19.9. The van der Waals surface area contributed by atoms with Crippen LogP contribution in [-0.4, -0.2) is 43.3 Å². The molecule has 0 aromatic heterocycles. The Morgan fingerprint density at radius 3 is 2.75 bits per heavy atom. The van der Waals surface area contributed by atoms with Crippen LogP contribution >= 0.6 is 0 Å². The lowest BCUT2D eigenvalue weighted by Crippen LogP contribution is -2.59. The summed E-state index contributed by atoms with van der Waals surface area (Å²) < 4.78 is 18.5. The van der Waals surface area contributed by atoms with Crippen molar-refractivity contribution in [3.63, 3.8) is 0 Å². The number of carbonyl (C=O) groups is 1. The molecule has 28 heavy (non-hydrogen) atoms. The number of nitrogens with zero attached hydrogens (tertiary/aromatic N) is 2. The molecule has 2 aliphatic rings. The van der Waals surface area contributed by atoms with Crippen molar-refractivity contribution in [2.45, 2.75) is 31.2 Å². The van der Waals surface area contributed by atoms with Gasteiger partial charge < -0.3 is 4.74 Å². The van der Waals surface area contributed by atoms with Crippen LogP contribution in [0.5, 0.6) is 5.75 Å². The summed E-state index contributed by atoms with van der Waals surface area (Å²) >= 11 is 0. The van der Waals surface area contributed by atoms with Crippen molar-refractivity contribution in [3.8, 4) is 5.75 Å². The fourth-order valence-electron chi connectivity index (χ4n) is 4.34. The number of ether oxygens (including phenoxy) is 1. The number of rotatable bonds is 3. The fraction of sp³-hybridized carbons (Fsp3) is 0.364. The minimum absolute atomic E-state index is 0.133. The first-order chi connectivity index (χ1) is 13.4. The number of methoxy groups -OCH3 is 1.